The average Bonchev–Trinajstić information content (AvgIpc) is 1.89. The van der Waals surface area contributed by atoms with E-state index < -0.39 is 0 Å². The van der Waals surface area contributed by atoms with Crippen LogP contribution in [-0.4, -0.2) is 31.6 Å². The first-order chi connectivity index (χ1) is 4.31. The summed E-state index contributed by atoms with van der Waals surface area (Å²) >= 11 is 0. The molecule has 0 spiro atoms. The summed E-state index contributed by atoms with van der Waals surface area (Å²) < 4.78 is 0. The molecule has 0 aliphatic carbocycles. The van der Waals surface area contributed by atoms with Gasteiger partial charge < -0.3 is 4.90 Å². The summed E-state index contributed by atoms with van der Waals surface area (Å²) in [6.45, 7) is 4.56. The number of nitroso groups, excluding NO2 is 1. The van der Waals surface area contributed by atoms with E-state index in [9.17, 15) is 4.91 Å². The minimum Gasteiger partial charge on any atom is -0.307 e. The molecule has 3 nitrogen and oxygen atoms in total. The minimum absolute atomic E-state index is 0.449. The van der Waals surface area contributed by atoms with E-state index in [1.807, 2.05) is 7.05 Å². The molecule has 3 heteroatoms. The lowest BCUT2D eigenvalue weighted by Crippen LogP contribution is -2.19. The van der Waals surface area contributed by atoms with E-state index >= 15 is 0 Å². The third-order valence-electron chi connectivity index (χ3n) is 1.33. The quantitative estimate of drug-likeness (QED) is 0.412. The van der Waals surface area contributed by atoms with Gasteiger partial charge in [-0.3, -0.25) is 0 Å². The molecule has 0 aromatic heterocycles. The monoisotopic (exact) mass is 130 g/mol. The van der Waals surface area contributed by atoms with Crippen LogP contribution in [0.25, 0.3) is 0 Å². The Balaban J connectivity index is 2.96. The molecule has 0 unspecified atom stereocenters. The first kappa shape index (κ1) is 8.56. The minimum atomic E-state index is 0.449. The molecule has 54 valence electrons. The van der Waals surface area contributed by atoms with Crippen LogP contribution in [0.3, 0.4) is 0 Å². The molecule has 9 heavy (non-hydrogen) atoms. The summed E-state index contributed by atoms with van der Waals surface area (Å²) in [6, 6.07) is 0. The number of nitrogens with zero attached hydrogens (tertiary/aromatic N) is 2. The largest absolute Gasteiger partial charge is 0.307 e. The third-order valence-corrected chi connectivity index (χ3v) is 1.33. The van der Waals surface area contributed by atoms with Crippen LogP contribution in [0.1, 0.15) is 13.3 Å². The van der Waals surface area contributed by atoms with Crippen LogP contribution < -0.4 is 0 Å². The Morgan fingerprint density at radius 1 is 1.56 bits per heavy atom. The van der Waals surface area contributed by atoms with Gasteiger partial charge in [-0.15, -0.1) is 0 Å². The molecule has 0 aliphatic rings. The Morgan fingerprint density at radius 3 is 2.67 bits per heavy atom. The second-order valence-corrected chi connectivity index (χ2v) is 2.10. The maximum absolute atomic E-state index is 9.61. The highest BCUT2D eigenvalue weighted by Crippen LogP contribution is 1.85. The molecule has 0 aliphatic heterocycles. The van der Waals surface area contributed by atoms with E-state index in [2.05, 4.69) is 17.0 Å². The van der Waals surface area contributed by atoms with Crippen molar-refractivity contribution in [1.29, 1.82) is 0 Å². The molecule has 0 bridgehead atoms. The normalized spacial score (nSPS) is 10.1. The van der Waals surface area contributed by atoms with E-state index in [0.29, 0.717) is 6.54 Å². The van der Waals surface area contributed by atoms with Crippen LogP contribution in [0, 0.1) is 4.91 Å². The van der Waals surface area contributed by atoms with Gasteiger partial charge in [0.1, 0.15) is 0 Å². The summed E-state index contributed by atoms with van der Waals surface area (Å²) in [7, 11) is 2.03. The van der Waals surface area contributed by atoms with E-state index in [4.69, 9.17) is 0 Å². The molecule has 0 fully saturated rings. The highest BCUT2D eigenvalue weighted by molar-refractivity contribution is 4.49. The topological polar surface area (TPSA) is 32.7 Å². The predicted molar refractivity (Wildman–Crippen MR) is 38.5 cm³/mol. The zero-order chi connectivity index (χ0) is 7.11. The Morgan fingerprint density at radius 2 is 2.22 bits per heavy atom. The molecular weight excluding hydrogens is 116 g/mol. The van der Waals surface area contributed by atoms with Gasteiger partial charge >= 0.3 is 0 Å². The van der Waals surface area contributed by atoms with Crippen LogP contribution >= 0.6 is 0 Å². The molecule has 0 aromatic rings. The Kier molecular flexibility index (Phi) is 5.41. The van der Waals surface area contributed by atoms with Crippen molar-refractivity contribution in [3.8, 4) is 0 Å². The van der Waals surface area contributed by atoms with Crippen molar-refractivity contribution >= 4 is 0 Å². The fraction of sp³-hybridized carbons (Fsp3) is 1.00. The lowest BCUT2D eigenvalue weighted by atomic mass is 10.4. The Hall–Kier alpha value is -0.440. The summed E-state index contributed by atoms with van der Waals surface area (Å²) in [4.78, 5) is 11.8. The highest BCUT2D eigenvalue weighted by Gasteiger charge is 1.91. The molecule has 0 aromatic carbocycles. The van der Waals surface area contributed by atoms with Crippen molar-refractivity contribution in [2.24, 2.45) is 5.18 Å². The van der Waals surface area contributed by atoms with Crippen molar-refractivity contribution < 1.29 is 0 Å². The van der Waals surface area contributed by atoms with Crippen LogP contribution in [-0.2, 0) is 0 Å². The van der Waals surface area contributed by atoms with Crippen LogP contribution in [0.2, 0.25) is 0 Å². The first-order valence-electron chi connectivity index (χ1n) is 3.29. The average molecular weight is 130 g/mol. The number of hydrogen-bond donors (Lipinski definition) is 0. The molecule has 0 saturated carbocycles. The van der Waals surface area contributed by atoms with Crippen LogP contribution in [0.5, 0.6) is 0 Å². The molecule has 0 atom stereocenters. The maximum Gasteiger partial charge on any atom is 0.0823 e. The van der Waals surface area contributed by atoms with Gasteiger partial charge in [0.15, 0.2) is 0 Å². The molecule has 0 amide bonds. The summed E-state index contributed by atoms with van der Waals surface area (Å²) in [5.41, 5.74) is 0. The number of rotatable bonds is 5. The van der Waals surface area contributed by atoms with Crippen molar-refractivity contribution in [2.45, 2.75) is 13.3 Å². The van der Waals surface area contributed by atoms with E-state index in [1.54, 1.807) is 0 Å². The van der Waals surface area contributed by atoms with Crippen molar-refractivity contribution in [3.05, 3.63) is 4.91 Å². The zero-order valence-electron chi connectivity index (χ0n) is 6.13. The van der Waals surface area contributed by atoms with E-state index in [1.165, 1.54) is 0 Å². The second kappa shape index (κ2) is 5.69. The molecule has 0 radical (unpaired) electrons. The molecule has 0 rings (SSSR count). The lowest BCUT2D eigenvalue weighted by molar-refractivity contribution is 0.349. The summed E-state index contributed by atoms with van der Waals surface area (Å²) in [5.74, 6) is 0. The number of hydrogen-bond acceptors (Lipinski definition) is 3. The zero-order valence-corrected chi connectivity index (χ0v) is 6.13. The van der Waals surface area contributed by atoms with E-state index in [0.717, 1.165) is 19.5 Å². The van der Waals surface area contributed by atoms with E-state index in [-0.39, 0.29) is 0 Å². The smallest absolute Gasteiger partial charge is 0.0823 e. The van der Waals surface area contributed by atoms with Crippen molar-refractivity contribution in [2.75, 3.05) is 26.7 Å². The van der Waals surface area contributed by atoms with Gasteiger partial charge in [0, 0.05) is 0 Å². The summed E-state index contributed by atoms with van der Waals surface area (Å²) in [5, 5.41) is 2.77. The lowest BCUT2D eigenvalue weighted by Gasteiger charge is -2.10. The SMILES string of the molecule is CCN(C)CCCN=O. The van der Waals surface area contributed by atoms with Crippen molar-refractivity contribution in [3.63, 3.8) is 0 Å². The standard InChI is InChI=1S/C6H14N2O/c1-3-8(2)6-4-5-7-9/h3-6H2,1-2H3. The Labute approximate surface area is 56.0 Å². The van der Waals surface area contributed by atoms with Crippen molar-refractivity contribution in [1.82, 2.24) is 4.90 Å². The fourth-order valence-electron chi connectivity index (χ4n) is 0.563. The molecule has 0 saturated heterocycles. The highest BCUT2D eigenvalue weighted by atomic mass is 16.3. The summed E-state index contributed by atoms with van der Waals surface area (Å²) in [6.07, 6.45) is 0.883. The van der Waals surface area contributed by atoms with Gasteiger partial charge in [-0.1, -0.05) is 12.1 Å². The predicted octanol–water partition coefficient (Wildman–Crippen LogP) is 1.09. The van der Waals surface area contributed by atoms with Gasteiger partial charge in [-0.2, -0.15) is 4.91 Å². The maximum atomic E-state index is 9.61. The molecular formula is C6H14N2O. The first-order valence-corrected chi connectivity index (χ1v) is 3.29. The van der Waals surface area contributed by atoms with Crippen LogP contribution in [0.15, 0.2) is 5.18 Å². The van der Waals surface area contributed by atoms with Gasteiger partial charge in [-0.25, -0.2) is 0 Å². The van der Waals surface area contributed by atoms with Gasteiger partial charge in [0.25, 0.3) is 0 Å². The van der Waals surface area contributed by atoms with Crippen LogP contribution in [0.4, 0.5) is 0 Å². The van der Waals surface area contributed by atoms with Gasteiger partial charge in [0.05, 0.1) is 6.54 Å². The van der Waals surface area contributed by atoms with Gasteiger partial charge in [0.2, 0.25) is 0 Å². The molecule has 0 N–H and O–H groups in total. The molecule has 0 heterocycles. The fourth-order valence-corrected chi connectivity index (χ4v) is 0.563. The second-order valence-electron chi connectivity index (χ2n) is 2.10. The van der Waals surface area contributed by atoms with Gasteiger partial charge in [-0.05, 0) is 26.6 Å². The Bertz CT molecular complexity index is 75.5. The third kappa shape index (κ3) is 5.43.